The Kier molecular flexibility index (Phi) is 4.83. The lowest BCUT2D eigenvalue weighted by molar-refractivity contribution is -0.136. The Bertz CT molecular complexity index is 907. The van der Waals surface area contributed by atoms with Crippen LogP contribution in [0.4, 0.5) is 5.69 Å². The van der Waals surface area contributed by atoms with E-state index >= 15 is 0 Å². The predicted octanol–water partition coefficient (Wildman–Crippen LogP) is 2.71. The van der Waals surface area contributed by atoms with Gasteiger partial charge in [0.2, 0.25) is 6.79 Å². The normalized spacial score (nSPS) is 15.8. The number of benzene rings is 1. The van der Waals surface area contributed by atoms with Crippen molar-refractivity contribution in [2.24, 2.45) is 0 Å². The first-order valence-corrected chi connectivity index (χ1v) is 9.37. The fourth-order valence-electron chi connectivity index (χ4n) is 3.03. The molecule has 0 spiro atoms. The highest BCUT2D eigenvalue weighted by atomic mass is 32.1. The molecule has 2 aromatic rings. The van der Waals surface area contributed by atoms with Gasteiger partial charge < -0.3 is 19.5 Å². The summed E-state index contributed by atoms with van der Waals surface area (Å²) in [5, 5.41) is 5.00. The van der Waals surface area contributed by atoms with E-state index in [1.807, 2.05) is 17.5 Å². The van der Waals surface area contributed by atoms with Crippen LogP contribution in [0.5, 0.6) is 11.5 Å². The molecule has 140 valence electrons. The van der Waals surface area contributed by atoms with Gasteiger partial charge in [0.1, 0.15) is 5.70 Å². The quantitative estimate of drug-likeness (QED) is 0.582. The largest absolute Gasteiger partial charge is 0.454 e. The molecule has 1 aromatic heterocycles. The third kappa shape index (κ3) is 3.29. The minimum Gasteiger partial charge on any atom is -0.454 e. The van der Waals surface area contributed by atoms with Crippen molar-refractivity contribution in [3.63, 3.8) is 0 Å². The Morgan fingerprint density at radius 2 is 2.04 bits per heavy atom. The Labute approximate surface area is 160 Å². The summed E-state index contributed by atoms with van der Waals surface area (Å²) in [6.45, 7) is 0.968. The van der Waals surface area contributed by atoms with E-state index in [0.29, 0.717) is 42.3 Å². The molecule has 0 bridgehead atoms. The molecule has 1 aromatic carbocycles. The number of thiophene rings is 1. The molecule has 2 aliphatic heterocycles. The molecular formula is C19H18N2O5S. The summed E-state index contributed by atoms with van der Waals surface area (Å²) < 4.78 is 15.7. The van der Waals surface area contributed by atoms with Crippen molar-refractivity contribution in [3.8, 4) is 11.5 Å². The summed E-state index contributed by atoms with van der Waals surface area (Å²) in [5.74, 6) is 0.633. The van der Waals surface area contributed by atoms with Crippen LogP contribution in [-0.4, -0.2) is 43.8 Å². The first-order chi connectivity index (χ1) is 13.2. The van der Waals surface area contributed by atoms with Gasteiger partial charge in [0.25, 0.3) is 11.8 Å². The van der Waals surface area contributed by atoms with Crippen molar-refractivity contribution in [1.82, 2.24) is 4.90 Å². The summed E-state index contributed by atoms with van der Waals surface area (Å²) in [5.41, 5.74) is 1.33. The maximum Gasteiger partial charge on any atom is 0.278 e. The molecule has 7 nitrogen and oxygen atoms in total. The molecule has 0 fully saturated rings. The van der Waals surface area contributed by atoms with Gasteiger partial charge in [-0.05, 0) is 30.0 Å². The molecule has 2 aliphatic rings. The lowest BCUT2D eigenvalue weighted by atomic mass is 10.2. The van der Waals surface area contributed by atoms with Crippen molar-refractivity contribution < 1.29 is 23.8 Å². The molecule has 0 saturated heterocycles. The zero-order valence-electron chi connectivity index (χ0n) is 14.7. The smallest absolute Gasteiger partial charge is 0.278 e. The van der Waals surface area contributed by atoms with Crippen LogP contribution in [0.1, 0.15) is 11.3 Å². The summed E-state index contributed by atoms with van der Waals surface area (Å²) in [6.07, 6.45) is 0.586. The van der Waals surface area contributed by atoms with Gasteiger partial charge in [-0.3, -0.25) is 14.5 Å². The van der Waals surface area contributed by atoms with Gasteiger partial charge in [0.05, 0.1) is 5.57 Å². The number of methoxy groups -OCH3 is 1. The second-order valence-corrected chi connectivity index (χ2v) is 6.98. The predicted molar refractivity (Wildman–Crippen MR) is 101 cm³/mol. The van der Waals surface area contributed by atoms with Crippen LogP contribution in [0.3, 0.4) is 0 Å². The summed E-state index contributed by atoms with van der Waals surface area (Å²) in [4.78, 5) is 27.9. The minimum atomic E-state index is -0.336. The van der Waals surface area contributed by atoms with Crippen molar-refractivity contribution >= 4 is 34.4 Å². The molecule has 0 atom stereocenters. The third-order valence-electron chi connectivity index (χ3n) is 4.31. The van der Waals surface area contributed by atoms with Crippen LogP contribution >= 0.6 is 11.3 Å². The second-order valence-electron chi connectivity index (χ2n) is 6.03. The molecule has 0 unspecified atom stereocenters. The number of nitrogens with zero attached hydrogens (tertiary/aromatic N) is 1. The van der Waals surface area contributed by atoms with Crippen molar-refractivity contribution in [2.45, 2.75) is 6.42 Å². The number of imide groups is 1. The van der Waals surface area contributed by atoms with E-state index < -0.39 is 0 Å². The lowest BCUT2D eigenvalue weighted by Gasteiger charge is -2.14. The lowest BCUT2D eigenvalue weighted by Crippen LogP contribution is -2.33. The topological polar surface area (TPSA) is 77.1 Å². The number of carbonyl (C=O) groups is 2. The molecule has 0 aliphatic carbocycles. The molecule has 8 heteroatoms. The Balaban J connectivity index is 1.65. The van der Waals surface area contributed by atoms with Gasteiger partial charge in [-0.25, -0.2) is 0 Å². The molecular weight excluding hydrogens is 368 g/mol. The van der Waals surface area contributed by atoms with Crippen molar-refractivity contribution in [3.05, 3.63) is 46.3 Å². The molecule has 0 saturated carbocycles. The average molecular weight is 386 g/mol. The van der Waals surface area contributed by atoms with E-state index in [2.05, 4.69) is 5.32 Å². The molecule has 4 rings (SSSR count). The molecule has 1 N–H and O–H groups in total. The van der Waals surface area contributed by atoms with Gasteiger partial charge in [-0.1, -0.05) is 6.07 Å². The fourth-order valence-corrected chi connectivity index (χ4v) is 3.80. The number of hydrogen-bond acceptors (Lipinski definition) is 7. The standard InChI is InChI=1S/C19H18N2O5S/c1-24-8-3-7-21-18(22)16(15-4-2-9-27-15)17(19(21)23)20-12-5-6-13-14(10-12)26-11-25-13/h2,4-6,9-10,20H,3,7-8,11H2,1H3. The van der Waals surface area contributed by atoms with Crippen LogP contribution in [0.2, 0.25) is 0 Å². The third-order valence-corrected chi connectivity index (χ3v) is 5.20. The second kappa shape index (κ2) is 7.42. The van der Waals surface area contributed by atoms with E-state index in [1.54, 1.807) is 25.3 Å². The number of amides is 2. The van der Waals surface area contributed by atoms with Gasteiger partial charge in [0.15, 0.2) is 11.5 Å². The van der Waals surface area contributed by atoms with E-state index in [4.69, 9.17) is 14.2 Å². The molecule has 0 radical (unpaired) electrons. The van der Waals surface area contributed by atoms with Gasteiger partial charge in [-0.15, -0.1) is 11.3 Å². The summed E-state index contributed by atoms with van der Waals surface area (Å²) in [6, 6.07) is 9.01. The Morgan fingerprint density at radius 1 is 1.19 bits per heavy atom. The Hall–Kier alpha value is -2.84. The van der Waals surface area contributed by atoms with Gasteiger partial charge >= 0.3 is 0 Å². The Morgan fingerprint density at radius 3 is 2.81 bits per heavy atom. The van der Waals surface area contributed by atoms with Crippen molar-refractivity contribution in [1.29, 1.82) is 0 Å². The monoisotopic (exact) mass is 386 g/mol. The van der Waals surface area contributed by atoms with E-state index in [1.165, 1.54) is 16.2 Å². The molecule has 3 heterocycles. The van der Waals surface area contributed by atoms with Gasteiger partial charge in [-0.2, -0.15) is 0 Å². The maximum absolute atomic E-state index is 12.9. The first-order valence-electron chi connectivity index (χ1n) is 8.49. The highest BCUT2D eigenvalue weighted by molar-refractivity contribution is 7.11. The van der Waals surface area contributed by atoms with Crippen LogP contribution in [0, 0.1) is 0 Å². The van der Waals surface area contributed by atoms with Crippen LogP contribution < -0.4 is 14.8 Å². The average Bonchev–Trinajstić information content (AvgIpc) is 3.39. The summed E-state index contributed by atoms with van der Waals surface area (Å²) >= 11 is 1.42. The van der Waals surface area contributed by atoms with E-state index in [-0.39, 0.29) is 24.3 Å². The first kappa shape index (κ1) is 17.6. The number of fused-ring (bicyclic) bond motifs is 1. The van der Waals surface area contributed by atoms with Gasteiger partial charge in [0, 0.05) is 36.9 Å². The number of carbonyl (C=O) groups excluding carboxylic acids is 2. The number of hydrogen-bond donors (Lipinski definition) is 1. The number of nitrogens with one attached hydrogen (secondary N) is 1. The van der Waals surface area contributed by atoms with Crippen LogP contribution in [0.25, 0.3) is 5.57 Å². The van der Waals surface area contributed by atoms with E-state index in [0.717, 1.165) is 4.88 Å². The number of anilines is 1. The number of rotatable bonds is 7. The SMILES string of the molecule is COCCCN1C(=O)C(Nc2ccc3c(c2)OCO3)=C(c2cccs2)C1=O. The van der Waals surface area contributed by atoms with Crippen LogP contribution in [-0.2, 0) is 14.3 Å². The molecule has 2 amide bonds. The van der Waals surface area contributed by atoms with Crippen molar-refractivity contribution in [2.75, 3.05) is 32.4 Å². The zero-order valence-corrected chi connectivity index (χ0v) is 15.5. The fraction of sp³-hybridized carbons (Fsp3) is 0.263. The minimum absolute atomic E-state index is 0.173. The van der Waals surface area contributed by atoms with E-state index in [9.17, 15) is 9.59 Å². The van der Waals surface area contributed by atoms with Crippen LogP contribution in [0.15, 0.2) is 41.4 Å². The number of ether oxygens (including phenoxy) is 3. The highest BCUT2D eigenvalue weighted by Gasteiger charge is 2.39. The maximum atomic E-state index is 12.9. The molecule has 27 heavy (non-hydrogen) atoms. The summed E-state index contributed by atoms with van der Waals surface area (Å²) in [7, 11) is 1.59. The highest BCUT2D eigenvalue weighted by Crippen LogP contribution is 2.37. The zero-order chi connectivity index (χ0) is 18.8.